The summed E-state index contributed by atoms with van der Waals surface area (Å²) in [4.78, 5) is 12.6. The lowest BCUT2D eigenvalue weighted by Crippen LogP contribution is -2.46. The smallest absolute Gasteiger partial charge is 0.328 e. The van der Waals surface area contributed by atoms with Crippen LogP contribution in [0.4, 0.5) is 4.39 Å². The van der Waals surface area contributed by atoms with Gasteiger partial charge in [0.05, 0.1) is 5.02 Å². The highest BCUT2D eigenvalue weighted by atomic mass is 35.5. The fourth-order valence-corrected chi connectivity index (χ4v) is 3.09. The van der Waals surface area contributed by atoms with E-state index in [0.717, 1.165) is 10.9 Å². The van der Waals surface area contributed by atoms with Gasteiger partial charge in [-0.1, -0.05) is 29.3 Å². The Hall–Kier alpha value is -1.14. The average molecular weight is 348 g/mol. The highest BCUT2D eigenvalue weighted by molar-refractivity contribution is 7.09. The predicted molar refractivity (Wildman–Crippen MR) is 82.6 cm³/mol. The molecule has 1 aromatic carbocycles. The van der Waals surface area contributed by atoms with Crippen LogP contribution in [-0.2, 0) is 16.9 Å². The van der Waals surface area contributed by atoms with Gasteiger partial charge >= 0.3 is 5.97 Å². The lowest BCUT2D eigenvalue weighted by Gasteiger charge is -2.28. The van der Waals surface area contributed by atoms with E-state index in [4.69, 9.17) is 23.2 Å². The molecule has 0 saturated carbocycles. The van der Waals surface area contributed by atoms with Gasteiger partial charge in [-0.25, -0.2) is 9.18 Å². The van der Waals surface area contributed by atoms with Crippen molar-refractivity contribution in [2.75, 3.05) is 0 Å². The van der Waals surface area contributed by atoms with Gasteiger partial charge in [-0.05, 0) is 30.5 Å². The van der Waals surface area contributed by atoms with E-state index in [0.29, 0.717) is 6.54 Å². The second-order valence-corrected chi connectivity index (χ2v) is 6.46. The van der Waals surface area contributed by atoms with Gasteiger partial charge in [0.15, 0.2) is 0 Å². The third-order valence-corrected chi connectivity index (χ3v) is 4.65. The van der Waals surface area contributed by atoms with E-state index < -0.39 is 17.3 Å². The minimum absolute atomic E-state index is 0.102. The van der Waals surface area contributed by atoms with E-state index >= 15 is 0 Å². The standard InChI is InChI=1S/C14H12Cl2FNO2S/c1-14(13(19)20,18-7-8-3-2-4-21-8)9-5-12(17)11(16)6-10(9)15/h2-6,18H,7H2,1H3,(H,19,20). The molecule has 1 atom stereocenters. The Balaban J connectivity index is 2.37. The second-order valence-electron chi connectivity index (χ2n) is 4.61. The van der Waals surface area contributed by atoms with Crippen molar-refractivity contribution in [1.82, 2.24) is 5.32 Å². The van der Waals surface area contributed by atoms with E-state index in [1.807, 2.05) is 17.5 Å². The number of rotatable bonds is 5. The van der Waals surface area contributed by atoms with Crippen molar-refractivity contribution in [3.63, 3.8) is 0 Å². The summed E-state index contributed by atoms with van der Waals surface area (Å²) in [6.45, 7) is 1.78. The molecule has 0 amide bonds. The fourth-order valence-electron chi connectivity index (χ4n) is 1.87. The van der Waals surface area contributed by atoms with Crippen LogP contribution in [0.15, 0.2) is 29.6 Å². The van der Waals surface area contributed by atoms with E-state index in [-0.39, 0.29) is 15.6 Å². The van der Waals surface area contributed by atoms with Crippen LogP contribution in [0, 0.1) is 5.82 Å². The molecule has 7 heteroatoms. The molecule has 0 radical (unpaired) electrons. The van der Waals surface area contributed by atoms with Crippen molar-refractivity contribution in [2.24, 2.45) is 0 Å². The highest BCUT2D eigenvalue weighted by Gasteiger charge is 2.37. The highest BCUT2D eigenvalue weighted by Crippen LogP contribution is 2.33. The van der Waals surface area contributed by atoms with Crippen LogP contribution in [0.3, 0.4) is 0 Å². The van der Waals surface area contributed by atoms with Crippen LogP contribution in [0.5, 0.6) is 0 Å². The van der Waals surface area contributed by atoms with E-state index in [9.17, 15) is 14.3 Å². The monoisotopic (exact) mass is 347 g/mol. The van der Waals surface area contributed by atoms with Crippen molar-refractivity contribution in [3.8, 4) is 0 Å². The van der Waals surface area contributed by atoms with Crippen molar-refractivity contribution < 1.29 is 14.3 Å². The Morgan fingerprint density at radius 2 is 2.14 bits per heavy atom. The number of nitrogens with one attached hydrogen (secondary N) is 1. The van der Waals surface area contributed by atoms with Gasteiger partial charge in [0.25, 0.3) is 0 Å². The molecule has 3 nitrogen and oxygen atoms in total. The first-order valence-electron chi connectivity index (χ1n) is 6.00. The van der Waals surface area contributed by atoms with Gasteiger partial charge in [-0.15, -0.1) is 11.3 Å². The van der Waals surface area contributed by atoms with E-state index in [1.54, 1.807) is 0 Å². The molecule has 0 aliphatic carbocycles. The summed E-state index contributed by atoms with van der Waals surface area (Å²) >= 11 is 13.2. The van der Waals surface area contributed by atoms with Crippen molar-refractivity contribution in [3.05, 3.63) is 55.9 Å². The normalized spacial score (nSPS) is 13.9. The summed E-state index contributed by atoms with van der Waals surface area (Å²) in [6.07, 6.45) is 0. The molecule has 1 heterocycles. The van der Waals surface area contributed by atoms with Gasteiger partial charge in [0.2, 0.25) is 0 Å². The van der Waals surface area contributed by atoms with Crippen LogP contribution in [-0.4, -0.2) is 11.1 Å². The maximum atomic E-state index is 13.7. The lowest BCUT2D eigenvalue weighted by molar-refractivity contribution is -0.144. The number of hydrogen-bond acceptors (Lipinski definition) is 3. The van der Waals surface area contributed by atoms with Gasteiger partial charge in [0.1, 0.15) is 11.4 Å². The van der Waals surface area contributed by atoms with Crippen LogP contribution in [0.1, 0.15) is 17.4 Å². The Morgan fingerprint density at radius 1 is 1.43 bits per heavy atom. The molecular formula is C14H12Cl2FNO2S. The lowest BCUT2D eigenvalue weighted by atomic mass is 9.91. The number of benzene rings is 1. The van der Waals surface area contributed by atoms with Crippen LogP contribution in [0.2, 0.25) is 10.0 Å². The molecule has 0 aliphatic heterocycles. The maximum absolute atomic E-state index is 13.7. The quantitative estimate of drug-likeness (QED) is 0.793. The van der Waals surface area contributed by atoms with Gasteiger partial charge in [-0.2, -0.15) is 0 Å². The first-order valence-corrected chi connectivity index (χ1v) is 7.64. The number of hydrogen-bond donors (Lipinski definition) is 2. The van der Waals surface area contributed by atoms with Crippen molar-refractivity contribution in [2.45, 2.75) is 19.0 Å². The molecule has 112 valence electrons. The molecule has 2 rings (SSSR count). The summed E-state index contributed by atoms with van der Waals surface area (Å²) < 4.78 is 13.7. The Morgan fingerprint density at radius 3 is 2.71 bits per heavy atom. The number of carboxylic acids is 1. The number of aliphatic carboxylic acids is 1. The number of thiophene rings is 1. The summed E-state index contributed by atoms with van der Waals surface area (Å²) in [5.41, 5.74) is -1.39. The molecule has 2 aromatic rings. The number of carbonyl (C=O) groups is 1. The van der Waals surface area contributed by atoms with E-state index in [2.05, 4.69) is 5.32 Å². The van der Waals surface area contributed by atoms with Crippen LogP contribution in [0.25, 0.3) is 0 Å². The maximum Gasteiger partial charge on any atom is 0.328 e. The topological polar surface area (TPSA) is 49.3 Å². The third kappa shape index (κ3) is 3.37. The Bertz CT molecular complexity index is 663. The first-order chi connectivity index (χ1) is 9.84. The average Bonchev–Trinajstić information content (AvgIpc) is 2.93. The predicted octanol–water partition coefficient (Wildman–Crippen LogP) is 4.28. The summed E-state index contributed by atoms with van der Waals surface area (Å²) in [5, 5.41) is 14.3. The van der Waals surface area contributed by atoms with E-state index in [1.165, 1.54) is 24.3 Å². The largest absolute Gasteiger partial charge is 0.480 e. The van der Waals surface area contributed by atoms with Gasteiger partial charge in [-0.3, -0.25) is 5.32 Å². The second kappa shape index (κ2) is 6.32. The molecule has 21 heavy (non-hydrogen) atoms. The third-order valence-electron chi connectivity index (χ3n) is 3.17. The molecule has 0 fully saturated rings. The van der Waals surface area contributed by atoms with Crippen molar-refractivity contribution in [1.29, 1.82) is 0 Å². The van der Waals surface area contributed by atoms with Crippen LogP contribution < -0.4 is 5.32 Å². The Kier molecular flexibility index (Phi) is 4.88. The molecule has 2 N–H and O–H groups in total. The summed E-state index contributed by atoms with van der Waals surface area (Å²) in [7, 11) is 0. The first kappa shape index (κ1) is 16.2. The molecule has 0 bridgehead atoms. The number of carboxylic acid groups (broad SMARTS) is 1. The molecular weight excluding hydrogens is 336 g/mol. The van der Waals surface area contributed by atoms with Crippen LogP contribution >= 0.6 is 34.5 Å². The minimum atomic E-state index is -1.52. The Labute approximate surface area is 135 Å². The molecule has 1 aromatic heterocycles. The zero-order valence-electron chi connectivity index (χ0n) is 11.0. The van der Waals surface area contributed by atoms with Gasteiger partial charge in [0, 0.05) is 22.0 Å². The minimum Gasteiger partial charge on any atom is -0.480 e. The zero-order chi connectivity index (χ0) is 15.6. The van der Waals surface area contributed by atoms with Gasteiger partial charge < -0.3 is 5.11 Å². The molecule has 0 aliphatic rings. The van der Waals surface area contributed by atoms with Crippen molar-refractivity contribution >= 4 is 40.5 Å². The molecule has 1 unspecified atom stereocenters. The molecule has 0 saturated heterocycles. The summed E-state index contributed by atoms with van der Waals surface area (Å²) in [5.74, 6) is -1.86. The summed E-state index contributed by atoms with van der Waals surface area (Å²) in [6, 6.07) is 6.01. The molecule has 0 spiro atoms. The zero-order valence-corrected chi connectivity index (χ0v) is 13.3. The fraction of sp³-hybridized carbons (Fsp3) is 0.214. The SMILES string of the molecule is CC(NCc1cccs1)(C(=O)O)c1cc(F)c(Cl)cc1Cl. The number of halogens is 3.